The SMILES string of the molecule is CC(C)NC(=O)C(=O)N1CCC2NNC(c3cccc4ccccc34)C2C1. The molecule has 0 spiro atoms. The molecule has 0 saturated carbocycles. The first-order valence-electron chi connectivity index (χ1n) is 9.63. The minimum Gasteiger partial charge on any atom is -0.346 e. The van der Waals surface area contributed by atoms with Gasteiger partial charge in [0.2, 0.25) is 0 Å². The normalized spacial score (nSPS) is 24.9. The van der Waals surface area contributed by atoms with E-state index in [0.717, 1.165) is 6.42 Å². The molecule has 0 aromatic heterocycles. The van der Waals surface area contributed by atoms with Crippen molar-refractivity contribution in [3.05, 3.63) is 48.0 Å². The number of nitrogens with zero attached hydrogens (tertiary/aromatic N) is 1. The van der Waals surface area contributed by atoms with Crippen molar-refractivity contribution in [2.24, 2.45) is 5.92 Å². The summed E-state index contributed by atoms with van der Waals surface area (Å²) >= 11 is 0. The van der Waals surface area contributed by atoms with Crippen molar-refractivity contribution < 1.29 is 9.59 Å². The van der Waals surface area contributed by atoms with Crippen molar-refractivity contribution in [2.45, 2.75) is 38.4 Å². The lowest BCUT2D eigenvalue weighted by Gasteiger charge is -2.36. The molecule has 27 heavy (non-hydrogen) atoms. The number of benzene rings is 2. The molecule has 142 valence electrons. The van der Waals surface area contributed by atoms with Gasteiger partial charge in [0.15, 0.2) is 0 Å². The summed E-state index contributed by atoms with van der Waals surface area (Å²) in [7, 11) is 0. The first-order valence-corrected chi connectivity index (χ1v) is 9.63. The number of carbonyl (C=O) groups is 2. The summed E-state index contributed by atoms with van der Waals surface area (Å²) < 4.78 is 0. The van der Waals surface area contributed by atoms with Crippen LogP contribution in [0.4, 0.5) is 0 Å². The Balaban J connectivity index is 1.57. The van der Waals surface area contributed by atoms with Crippen LogP contribution in [0.25, 0.3) is 10.8 Å². The molecule has 3 unspecified atom stereocenters. The zero-order valence-electron chi connectivity index (χ0n) is 15.7. The Morgan fingerprint density at radius 1 is 1.11 bits per heavy atom. The fourth-order valence-corrected chi connectivity index (χ4v) is 4.28. The van der Waals surface area contributed by atoms with E-state index in [4.69, 9.17) is 0 Å². The van der Waals surface area contributed by atoms with Gasteiger partial charge >= 0.3 is 11.8 Å². The van der Waals surface area contributed by atoms with Crippen LogP contribution in [0, 0.1) is 5.92 Å². The summed E-state index contributed by atoms with van der Waals surface area (Å²) in [6, 6.07) is 15.1. The van der Waals surface area contributed by atoms with E-state index in [1.807, 2.05) is 19.9 Å². The van der Waals surface area contributed by atoms with Crippen molar-refractivity contribution in [3.63, 3.8) is 0 Å². The summed E-state index contributed by atoms with van der Waals surface area (Å²) in [5.74, 6) is -0.713. The Labute approximate surface area is 159 Å². The number of hydrazine groups is 1. The van der Waals surface area contributed by atoms with E-state index < -0.39 is 11.8 Å². The zero-order valence-corrected chi connectivity index (χ0v) is 15.7. The molecule has 2 aromatic carbocycles. The second-order valence-corrected chi connectivity index (χ2v) is 7.77. The van der Waals surface area contributed by atoms with E-state index in [-0.39, 0.29) is 18.0 Å². The van der Waals surface area contributed by atoms with Crippen LogP contribution in [-0.4, -0.2) is 41.9 Å². The maximum atomic E-state index is 12.6. The van der Waals surface area contributed by atoms with Gasteiger partial charge in [-0.2, -0.15) is 0 Å². The fraction of sp³-hybridized carbons (Fsp3) is 0.429. The first-order chi connectivity index (χ1) is 13.0. The molecule has 2 amide bonds. The first kappa shape index (κ1) is 17.9. The van der Waals surface area contributed by atoms with E-state index >= 15 is 0 Å². The molecule has 0 bridgehead atoms. The summed E-state index contributed by atoms with van der Waals surface area (Å²) in [4.78, 5) is 26.4. The average Bonchev–Trinajstić information content (AvgIpc) is 3.09. The minimum absolute atomic E-state index is 0.0442. The quantitative estimate of drug-likeness (QED) is 0.708. The van der Waals surface area contributed by atoms with Gasteiger partial charge in [0.05, 0.1) is 6.04 Å². The van der Waals surface area contributed by atoms with Crippen molar-refractivity contribution in [1.82, 2.24) is 21.1 Å². The third kappa shape index (κ3) is 3.42. The van der Waals surface area contributed by atoms with Gasteiger partial charge in [-0.1, -0.05) is 42.5 Å². The third-order valence-electron chi connectivity index (χ3n) is 5.57. The number of amides is 2. The van der Waals surface area contributed by atoms with Crippen LogP contribution in [-0.2, 0) is 9.59 Å². The van der Waals surface area contributed by atoms with Gasteiger partial charge in [0, 0.05) is 31.1 Å². The summed E-state index contributed by atoms with van der Waals surface area (Å²) in [6.07, 6.45) is 0.833. The lowest BCUT2D eigenvalue weighted by atomic mass is 9.83. The van der Waals surface area contributed by atoms with Crippen LogP contribution >= 0.6 is 0 Å². The second kappa shape index (κ2) is 7.29. The molecule has 6 nitrogen and oxygen atoms in total. The monoisotopic (exact) mass is 366 g/mol. The van der Waals surface area contributed by atoms with E-state index in [1.165, 1.54) is 16.3 Å². The molecule has 2 aliphatic rings. The standard InChI is InChI=1S/C21H26N4O2/c1-13(2)22-20(26)21(27)25-11-10-18-17(12-25)19(24-23-18)16-9-5-7-14-6-3-4-8-15(14)16/h3-9,13,17-19,23-24H,10-12H2,1-2H3,(H,22,26). The highest BCUT2D eigenvalue weighted by Gasteiger charge is 2.42. The van der Waals surface area contributed by atoms with Gasteiger partial charge in [-0.15, -0.1) is 0 Å². The number of likely N-dealkylation sites (tertiary alicyclic amines) is 1. The Bertz CT molecular complexity index is 861. The van der Waals surface area contributed by atoms with Gasteiger partial charge in [0.1, 0.15) is 0 Å². The van der Waals surface area contributed by atoms with Crippen LogP contribution in [0.5, 0.6) is 0 Å². The molecular weight excluding hydrogens is 340 g/mol. The van der Waals surface area contributed by atoms with Crippen LogP contribution in [0.1, 0.15) is 31.9 Å². The highest BCUT2D eigenvalue weighted by Crippen LogP contribution is 2.36. The number of hydrogen-bond donors (Lipinski definition) is 3. The van der Waals surface area contributed by atoms with E-state index in [2.05, 4.69) is 52.6 Å². The summed E-state index contributed by atoms with van der Waals surface area (Å²) in [6.45, 7) is 4.89. The van der Waals surface area contributed by atoms with E-state index in [9.17, 15) is 9.59 Å². The Morgan fingerprint density at radius 3 is 2.70 bits per heavy atom. The fourth-order valence-electron chi connectivity index (χ4n) is 4.28. The average molecular weight is 366 g/mol. The molecule has 2 saturated heterocycles. The van der Waals surface area contributed by atoms with Gasteiger partial charge in [0.25, 0.3) is 0 Å². The highest BCUT2D eigenvalue weighted by atomic mass is 16.2. The zero-order chi connectivity index (χ0) is 19.0. The molecule has 2 aromatic rings. The summed E-state index contributed by atoms with van der Waals surface area (Å²) in [5.41, 5.74) is 8.07. The molecule has 0 radical (unpaired) electrons. The molecule has 2 fully saturated rings. The Morgan fingerprint density at radius 2 is 1.89 bits per heavy atom. The van der Waals surface area contributed by atoms with Crippen LogP contribution in [0.3, 0.4) is 0 Å². The molecular formula is C21H26N4O2. The molecule has 6 heteroatoms. The maximum absolute atomic E-state index is 12.6. The summed E-state index contributed by atoms with van der Waals surface area (Å²) in [5, 5.41) is 5.14. The Hall–Kier alpha value is -2.44. The number of rotatable bonds is 2. The predicted molar refractivity (Wildman–Crippen MR) is 105 cm³/mol. The molecule has 2 heterocycles. The number of hydrogen-bond acceptors (Lipinski definition) is 4. The minimum atomic E-state index is -0.510. The smallest absolute Gasteiger partial charge is 0.311 e. The van der Waals surface area contributed by atoms with Gasteiger partial charge in [-0.05, 0) is 36.6 Å². The van der Waals surface area contributed by atoms with Crippen molar-refractivity contribution in [2.75, 3.05) is 13.1 Å². The van der Waals surface area contributed by atoms with Crippen molar-refractivity contribution >= 4 is 22.6 Å². The van der Waals surface area contributed by atoms with Gasteiger partial charge < -0.3 is 10.2 Å². The highest BCUT2D eigenvalue weighted by molar-refractivity contribution is 6.35. The Kier molecular flexibility index (Phi) is 4.85. The second-order valence-electron chi connectivity index (χ2n) is 7.77. The lowest BCUT2D eigenvalue weighted by Crippen LogP contribution is -2.52. The van der Waals surface area contributed by atoms with Crippen molar-refractivity contribution in [3.8, 4) is 0 Å². The van der Waals surface area contributed by atoms with E-state index in [0.29, 0.717) is 19.1 Å². The van der Waals surface area contributed by atoms with Crippen LogP contribution < -0.4 is 16.2 Å². The number of nitrogens with one attached hydrogen (secondary N) is 3. The third-order valence-corrected chi connectivity index (χ3v) is 5.57. The van der Waals surface area contributed by atoms with E-state index in [1.54, 1.807) is 4.90 Å². The number of carbonyl (C=O) groups excluding carboxylic acids is 2. The van der Waals surface area contributed by atoms with Crippen LogP contribution in [0.2, 0.25) is 0 Å². The molecule has 0 aliphatic carbocycles. The maximum Gasteiger partial charge on any atom is 0.311 e. The molecule has 3 N–H and O–H groups in total. The predicted octanol–water partition coefficient (Wildman–Crippen LogP) is 1.73. The largest absolute Gasteiger partial charge is 0.346 e. The topological polar surface area (TPSA) is 73.5 Å². The van der Waals surface area contributed by atoms with Crippen LogP contribution in [0.15, 0.2) is 42.5 Å². The molecule has 4 rings (SSSR count). The van der Waals surface area contributed by atoms with Gasteiger partial charge in [-0.25, -0.2) is 5.43 Å². The molecule has 3 atom stereocenters. The van der Waals surface area contributed by atoms with Gasteiger partial charge in [-0.3, -0.25) is 15.0 Å². The van der Waals surface area contributed by atoms with Crippen molar-refractivity contribution in [1.29, 1.82) is 0 Å². The number of piperidine rings is 1. The lowest BCUT2D eigenvalue weighted by molar-refractivity contribution is -0.147. The molecule has 2 aliphatic heterocycles. The number of fused-ring (bicyclic) bond motifs is 2.